The first-order chi connectivity index (χ1) is 11.3. The number of allylic oxidation sites excluding steroid dienone is 2. The van der Waals surface area contributed by atoms with Crippen LogP contribution in [0.15, 0.2) is 49.1 Å². The minimum absolute atomic E-state index is 0.102. The van der Waals surface area contributed by atoms with Crippen LogP contribution >= 0.6 is 0 Å². The fourth-order valence-electron chi connectivity index (χ4n) is 3.54. The van der Waals surface area contributed by atoms with Crippen LogP contribution < -0.4 is 5.32 Å². The molecule has 23 heavy (non-hydrogen) atoms. The van der Waals surface area contributed by atoms with Crippen molar-refractivity contribution in [3.8, 4) is 11.4 Å². The SMILES string of the molecule is O=C(NC[C@@H]1C[C@@H]2C=C[C@H]1C2)c1cnc(-c2cccnc2)nc1. The summed E-state index contributed by atoms with van der Waals surface area (Å²) in [6.45, 7) is 0.731. The van der Waals surface area contributed by atoms with E-state index < -0.39 is 0 Å². The van der Waals surface area contributed by atoms with Crippen molar-refractivity contribution in [1.29, 1.82) is 0 Å². The molecule has 1 N–H and O–H groups in total. The maximum atomic E-state index is 12.2. The normalized spacial score (nSPS) is 24.8. The summed E-state index contributed by atoms with van der Waals surface area (Å²) < 4.78 is 0. The second-order valence-electron chi connectivity index (χ2n) is 6.29. The minimum Gasteiger partial charge on any atom is -0.352 e. The lowest BCUT2D eigenvalue weighted by Crippen LogP contribution is -2.31. The smallest absolute Gasteiger partial charge is 0.254 e. The third-order valence-corrected chi connectivity index (χ3v) is 4.77. The van der Waals surface area contributed by atoms with Gasteiger partial charge >= 0.3 is 0 Å². The summed E-state index contributed by atoms with van der Waals surface area (Å²) in [5.41, 5.74) is 1.34. The number of pyridine rings is 1. The lowest BCUT2D eigenvalue weighted by molar-refractivity contribution is 0.0944. The van der Waals surface area contributed by atoms with E-state index in [1.54, 1.807) is 24.8 Å². The molecular formula is C18H18N4O. The molecule has 0 aromatic carbocycles. The molecule has 0 spiro atoms. The van der Waals surface area contributed by atoms with Gasteiger partial charge < -0.3 is 5.32 Å². The number of fused-ring (bicyclic) bond motifs is 2. The van der Waals surface area contributed by atoms with E-state index in [0.717, 1.165) is 18.0 Å². The van der Waals surface area contributed by atoms with E-state index in [2.05, 4.69) is 32.4 Å². The Kier molecular flexibility index (Phi) is 3.61. The van der Waals surface area contributed by atoms with Crippen molar-refractivity contribution in [3.05, 3.63) is 54.6 Å². The number of nitrogens with one attached hydrogen (secondary N) is 1. The maximum Gasteiger partial charge on any atom is 0.254 e. The lowest BCUT2D eigenvalue weighted by atomic mass is 9.93. The summed E-state index contributed by atoms with van der Waals surface area (Å²) in [6, 6.07) is 3.73. The highest BCUT2D eigenvalue weighted by atomic mass is 16.1. The number of rotatable bonds is 4. The van der Waals surface area contributed by atoms with Crippen LogP contribution in [-0.4, -0.2) is 27.4 Å². The number of carbonyl (C=O) groups excluding carboxylic acids is 1. The van der Waals surface area contributed by atoms with Gasteiger partial charge in [-0.2, -0.15) is 0 Å². The largest absolute Gasteiger partial charge is 0.352 e. The maximum absolute atomic E-state index is 12.2. The monoisotopic (exact) mass is 306 g/mol. The zero-order chi connectivity index (χ0) is 15.6. The third kappa shape index (κ3) is 2.86. The summed E-state index contributed by atoms with van der Waals surface area (Å²) in [5, 5.41) is 3.02. The van der Waals surface area contributed by atoms with E-state index in [1.807, 2.05) is 12.1 Å². The van der Waals surface area contributed by atoms with Crippen molar-refractivity contribution in [1.82, 2.24) is 20.3 Å². The average molecular weight is 306 g/mol. The van der Waals surface area contributed by atoms with Gasteiger partial charge in [-0.05, 0) is 42.7 Å². The molecule has 1 fully saturated rings. The lowest BCUT2D eigenvalue weighted by Gasteiger charge is -2.18. The number of hydrogen-bond donors (Lipinski definition) is 1. The molecule has 2 aromatic heterocycles. The second-order valence-corrected chi connectivity index (χ2v) is 6.29. The molecule has 2 heterocycles. The molecule has 116 valence electrons. The molecule has 3 atom stereocenters. The van der Waals surface area contributed by atoms with Crippen LogP contribution in [0.3, 0.4) is 0 Å². The van der Waals surface area contributed by atoms with Crippen molar-refractivity contribution in [2.24, 2.45) is 17.8 Å². The van der Waals surface area contributed by atoms with Gasteiger partial charge in [0.1, 0.15) is 0 Å². The summed E-state index contributed by atoms with van der Waals surface area (Å²) in [7, 11) is 0. The predicted molar refractivity (Wildman–Crippen MR) is 86.4 cm³/mol. The van der Waals surface area contributed by atoms with Crippen molar-refractivity contribution in [2.45, 2.75) is 12.8 Å². The molecule has 5 nitrogen and oxygen atoms in total. The van der Waals surface area contributed by atoms with Gasteiger partial charge in [0.2, 0.25) is 0 Å². The van der Waals surface area contributed by atoms with E-state index in [4.69, 9.17) is 0 Å². The van der Waals surface area contributed by atoms with E-state index in [0.29, 0.717) is 23.2 Å². The van der Waals surface area contributed by atoms with Gasteiger partial charge in [0.15, 0.2) is 5.82 Å². The predicted octanol–water partition coefficient (Wildman–Crippen LogP) is 2.48. The summed E-state index contributed by atoms with van der Waals surface area (Å²) in [4.78, 5) is 24.8. The molecule has 2 aliphatic carbocycles. The molecule has 0 aliphatic heterocycles. The van der Waals surface area contributed by atoms with E-state index in [1.165, 1.54) is 12.8 Å². The van der Waals surface area contributed by atoms with Crippen LogP contribution in [0, 0.1) is 17.8 Å². The molecule has 0 radical (unpaired) electrons. The summed E-state index contributed by atoms with van der Waals surface area (Å²) in [6.07, 6.45) is 13.6. The minimum atomic E-state index is -0.102. The van der Waals surface area contributed by atoms with Crippen LogP contribution in [0.2, 0.25) is 0 Å². The highest BCUT2D eigenvalue weighted by molar-refractivity contribution is 5.93. The van der Waals surface area contributed by atoms with Gasteiger partial charge in [-0.25, -0.2) is 9.97 Å². The number of nitrogens with zero attached hydrogens (tertiary/aromatic N) is 3. The van der Waals surface area contributed by atoms with E-state index in [-0.39, 0.29) is 5.91 Å². The fourth-order valence-corrected chi connectivity index (χ4v) is 3.54. The summed E-state index contributed by atoms with van der Waals surface area (Å²) in [5.74, 6) is 2.42. The van der Waals surface area contributed by atoms with Crippen LogP contribution in [-0.2, 0) is 0 Å². The number of amides is 1. The Bertz CT molecular complexity index is 726. The molecule has 0 unspecified atom stereocenters. The molecule has 0 saturated heterocycles. The zero-order valence-corrected chi connectivity index (χ0v) is 12.7. The zero-order valence-electron chi connectivity index (χ0n) is 12.7. The van der Waals surface area contributed by atoms with E-state index >= 15 is 0 Å². The molecule has 1 amide bonds. The Morgan fingerprint density at radius 3 is 2.70 bits per heavy atom. The Labute approximate surface area is 134 Å². The fraction of sp³-hybridized carbons (Fsp3) is 0.333. The first kappa shape index (κ1) is 14.1. The van der Waals surface area contributed by atoms with E-state index in [9.17, 15) is 4.79 Å². The molecule has 1 saturated carbocycles. The summed E-state index contributed by atoms with van der Waals surface area (Å²) >= 11 is 0. The highest BCUT2D eigenvalue weighted by Gasteiger charge is 2.35. The van der Waals surface area contributed by atoms with Crippen LogP contribution in [0.25, 0.3) is 11.4 Å². The van der Waals surface area contributed by atoms with Gasteiger partial charge in [0.05, 0.1) is 5.56 Å². The molecule has 2 bridgehead atoms. The highest BCUT2D eigenvalue weighted by Crippen LogP contribution is 2.42. The van der Waals surface area contributed by atoms with Gasteiger partial charge in [-0.3, -0.25) is 9.78 Å². The van der Waals surface area contributed by atoms with Crippen molar-refractivity contribution in [2.75, 3.05) is 6.54 Å². The standard InChI is InChI=1S/C18H18N4O/c23-18(22-9-15-7-12-3-4-13(15)6-12)16-10-20-17(21-11-16)14-2-1-5-19-8-14/h1-5,8,10-13,15H,6-7,9H2,(H,22,23)/t12-,13+,15+/m1/s1. The van der Waals surface area contributed by atoms with Gasteiger partial charge in [-0.1, -0.05) is 12.2 Å². The quantitative estimate of drug-likeness (QED) is 0.881. The van der Waals surface area contributed by atoms with Gasteiger partial charge in [0, 0.05) is 36.9 Å². The number of hydrogen-bond acceptors (Lipinski definition) is 4. The average Bonchev–Trinajstić information content (AvgIpc) is 3.24. The second kappa shape index (κ2) is 5.91. The molecule has 5 heteroatoms. The van der Waals surface area contributed by atoms with Crippen LogP contribution in [0.4, 0.5) is 0 Å². The Morgan fingerprint density at radius 1 is 1.17 bits per heavy atom. The van der Waals surface area contributed by atoms with Gasteiger partial charge in [0.25, 0.3) is 5.91 Å². The van der Waals surface area contributed by atoms with Crippen molar-refractivity contribution < 1.29 is 4.79 Å². The van der Waals surface area contributed by atoms with Crippen molar-refractivity contribution >= 4 is 5.91 Å². The topological polar surface area (TPSA) is 67.8 Å². The van der Waals surface area contributed by atoms with Gasteiger partial charge in [-0.15, -0.1) is 0 Å². The first-order valence-corrected chi connectivity index (χ1v) is 7.98. The number of carbonyl (C=O) groups is 1. The Morgan fingerprint density at radius 2 is 2.04 bits per heavy atom. The molecule has 4 rings (SSSR count). The first-order valence-electron chi connectivity index (χ1n) is 7.98. The van der Waals surface area contributed by atoms with Crippen LogP contribution in [0.1, 0.15) is 23.2 Å². The molecule has 2 aliphatic rings. The van der Waals surface area contributed by atoms with Crippen molar-refractivity contribution in [3.63, 3.8) is 0 Å². The Balaban J connectivity index is 1.38. The Hall–Kier alpha value is -2.56. The molecule has 2 aromatic rings. The number of aromatic nitrogens is 3. The third-order valence-electron chi connectivity index (χ3n) is 4.77. The van der Waals surface area contributed by atoms with Crippen LogP contribution in [0.5, 0.6) is 0 Å². The molecular weight excluding hydrogens is 288 g/mol.